The molecular weight excluding hydrogens is 240 g/mol. The van der Waals surface area contributed by atoms with Crippen LogP contribution >= 0.6 is 0 Å². The van der Waals surface area contributed by atoms with Crippen molar-refractivity contribution in [2.75, 3.05) is 0 Å². The van der Waals surface area contributed by atoms with E-state index in [1.54, 1.807) is 0 Å². The molecule has 3 heteroatoms. The molecule has 19 heavy (non-hydrogen) atoms. The van der Waals surface area contributed by atoms with Gasteiger partial charge in [-0.05, 0) is 35.6 Å². The molecule has 0 saturated heterocycles. The normalized spacial score (nSPS) is 18.8. The Morgan fingerprint density at radius 2 is 1.79 bits per heavy atom. The lowest BCUT2D eigenvalue weighted by molar-refractivity contribution is -0.151. The minimum Gasteiger partial charge on any atom is -0.481 e. The topological polar surface area (TPSA) is 57.5 Å². The number of rotatable bonds is 3. The molecule has 0 heterocycles. The molecule has 2 N–H and O–H groups in total. The second-order valence-electron chi connectivity index (χ2n) is 5.33. The number of hydrogen-bond donors (Lipinski definition) is 2. The van der Waals surface area contributed by atoms with Gasteiger partial charge in [-0.2, -0.15) is 0 Å². The van der Waals surface area contributed by atoms with Crippen LogP contribution in [0.3, 0.4) is 0 Å². The van der Waals surface area contributed by atoms with Gasteiger partial charge < -0.3 is 10.2 Å². The smallest absolute Gasteiger partial charge is 0.313 e. The molecule has 2 aromatic rings. The molecule has 0 unspecified atom stereocenters. The van der Waals surface area contributed by atoms with Crippen LogP contribution < -0.4 is 0 Å². The summed E-state index contributed by atoms with van der Waals surface area (Å²) in [7, 11) is 0. The van der Waals surface area contributed by atoms with Crippen LogP contribution in [0.1, 0.15) is 30.7 Å². The summed E-state index contributed by atoms with van der Waals surface area (Å²) in [6, 6.07) is 13.5. The minimum atomic E-state index is -1.08. The van der Waals surface area contributed by atoms with Crippen LogP contribution in [0.2, 0.25) is 0 Å². The van der Waals surface area contributed by atoms with Gasteiger partial charge in [0, 0.05) is 0 Å². The fraction of sp³-hybridized carbons (Fsp3) is 0.312. The minimum absolute atomic E-state index is 0.566. The standard InChI is InChI=1S/C16H16O3/c17-15(18)14(16(19)8-3-9-16)13-7-6-11-4-1-2-5-12(11)10-13/h1-2,4-7,10,14,19H,3,8-9H2,(H,17,18)/t14-/m0/s1. The van der Waals surface area contributed by atoms with Crippen molar-refractivity contribution in [3.8, 4) is 0 Å². The maximum absolute atomic E-state index is 11.5. The summed E-state index contributed by atoms with van der Waals surface area (Å²) < 4.78 is 0. The predicted octanol–water partition coefficient (Wildman–Crippen LogP) is 2.92. The summed E-state index contributed by atoms with van der Waals surface area (Å²) in [5.41, 5.74) is -0.387. The van der Waals surface area contributed by atoms with Gasteiger partial charge in [-0.1, -0.05) is 42.5 Å². The van der Waals surface area contributed by atoms with Gasteiger partial charge in [-0.15, -0.1) is 0 Å². The molecule has 0 bridgehead atoms. The SMILES string of the molecule is O=C(O)[C@H](c1ccc2ccccc2c1)C1(O)CCC1. The summed E-state index contributed by atoms with van der Waals surface area (Å²) >= 11 is 0. The molecule has 2 aromatic carbocycles. The Balaban J connectivity index is 2.07. The van der Waals surface area contributed by atoms with Crippen LogP contribution in [0, 0.1) is 0 Å². The van der Waals surface area contributed by atoms with Gasteiger partial charge in [0.15, 0.2) is 0 Å². The van der Waals surface area contributed by atoms with E-state index in [2.05, 4.69) is 0 Å². The zero-order chi connectivity index (χ0) is 13.5. The van der Waals surface area contributed by atoms with Crippen molar-refractivity contribution in [2.45, 2.75) is 30.8 Å². The van der Waals surface area contributed by atoms with E-state index in [9.17, 15) is 15.0 Å². The van der Waals surface area contributed by atoms with Crippen molar-refractivity contribution in [1.82, 2.24) is 0 Å². The zero-order valence-corrected chi connectivity index (χ0v) is 10.5. The number of carbonyl (C=O) groups is 1. The molecule has 1 atom stereocenters. The van der Waals surface area contributed by atoms with Crippen LogP contribution in [-0.4, -0.2) is 21.8 Å². The highest BCUT2D eigenvalue weighted by Gasteiger charge is 2.47. The molecule has 1 saturated carbocycles. The van der Waals surface area contributed by atoms with E-state index in [0.717, 1.165) is 17.2 Å². The lowest BCUT2D eigenvalue weighted by Gasteiger charge is -2.41. The highest BCUT2D eigenvalue weighted by Crippen LogP contribution is 2.44. The number of fused-ring (bicyclic) bond motifs is 1. The summed E-state index contributed by atoms with van der Waals surface area (Å²) in [6.45, 7) is 0. The van der Waals surface area contributed by atoms with Crippen molar-refractivity contribution < 1.29 is 15.0 Å². The average Bonchev–Trinajstić information content (AvgIpc) is 2.36. The van der Waals surface area contributed by atoms with Gasteiger partial charge in [0.25, 0.3) is 0 Å². The van der Waals surface area contributed by atoms with Crippen LogP contribution in [0.15, 0.2) is 42.5 Å². The summed E-state index contributed by atoms with van der Waals surface area (Å²) in [6.07, 6.45) is 2.03. The molecule has 1 fully saturated rings. The number of benzene rings is 2. The number of aliphatic carboxylic acids is 1. The van der Waals surface area contributed by atoms with Gasteiger partial charge >= 0.3 is 5.97 Å². The van der Waals surface area contributed by atoms with E-state index in [1.165, 1.54) is 0 Å². The number of carboxylic acids is 1. The third kappa shape index (κ3) is 2.00. The fourth-order valence-electron chi connectivity index (χ4n) is 2.90. The average molecular weight is 256 g/mol. The van der Waals surface area contributed by atoms with Crippen molar-refractivity contribution in [3.63, 3.8) is 0 Å². The lowest BCUT2D eigenvalue weighted by atomic mass is 9.68. The van der Waals surface area contributed by atoms with Gasteiger partial charge in [0.05, 0.1) is 5.60 Å². The molecule has 0 aliphatic heterocycles. The van der Waals surface area contributed by atoms with Crippen molar-refractivity contribution in [2.24, 2.45) is 0 Å². The Bertz CT molecular complexity index is 629. The molecule has 3 nitrogen and oxygen atoms in total. The van der Waals surface area contributed by atoms with Crippen LogP contribution in [0.4, 0.5) is 0 Å². The van der Waals surface area contributed by atoms with Gasteiger partial charge in [0.1, 0.15) is 5.92 Å². The van der Waals surface area contributed by atoms with Crippen LogP contribution in [0.5, 0.6) is 0 Å². The zero-order valence-electron chi connectivity index (χ0n) is 10.5. The van der Waals surface area contributed by atoms with Gasteiger partial charge in [-0.25, -0.2) is 0 Å². The second kappa shape index (κ2) is 4.35. The summed E-state index contributed by atoms with van der Waals surface area (Å²) in [4.78, 5) is 11.5. The van der Waals surface area contributed by atoms with Crippen LogP contribution in [-0.2, 0) is 4.79 Å². The molecule has 3 rings (SSSR count). The highest BCUT2D eigenvalue weighted by molar-refractivity contribution is 5.86. The quantitative estimate of drug-likeness (QED) is 0.887. The van der Waals surface area contributed by atoms with E-state index in [4.69, 9.17) is 0 Å². The summed E-state index contributed by atoms with van der Waals surface area (Å²) in [5.74, 6) is -1.77. The first-order chi connectivity index (χ1) is 9.10. The van der Waals surface area contributed by atoms with Crippen molar-refractivity contribution in [1.29, 1.82) is 0 Å². The van der Waals surface area contributed by atoms with Crippen molar-refractivity contribution >= 4 is 16.7 Å². The van der Waals surface area contributed by atoms with Gasteiger partial charge in [0.2, 0.25) is 0 Å². The number of carboxylic acid groups (broad SMARTS) is 1. The Morgan fingerprint density at radius 1 is 1.11 bits per heavy atom. The molecule has 1 aliphatic carbocycles. The molecule has 0 aromatic heterocycles. The largest absolute Gasteiger partial charge is 0.481 e. The number of aliphatic hydroxyl groups is 1. The first-order valence-electron chi connectivity index (χ1n) is 6.54. The molecule has 1 aliphatic rings. The van der Waals surface area contributed by atoms with Gasteiger partial charge in [-0.3, -0.25) is 4.79 Å². The van der Waals surface area contributed by atoms with E-state index in [1.807, 2.05) is 42.5 Å². The van der Waals surface area contributed by atoms with E-state index < -0.39 is 17.5 Å². The lowest BCUT2D eigenvalue weighted by Crippen LogP contribution is -2.46. The van der Waals surface area contributed by atoms with E-state index >= 15 is 0 Å². The molecule has 0 radical (unpaired) electrons. The van der Waals surface area contributed by atoms with Crippen LogP contribution in [0.25, 0.3) is 10.8 Å². The van der Waals surface area contributed by atoms with E-state index in [-0.39, 0.29) is 0 Å². The summed E-state index contributed by atoms with van der Waals surface area (Å²) in [5, 5.41) is 21.9. The molecule has 98 valence electrons. The first kappa shape index (κ1) is 12.2. The second-order valence-corrected chi connectivity index (χ2v) is 5.33. The predicted molar refractivity (Wildman–Crippen MR) is 73.1 cm³/mol. The maximum Gasteiger partial charge on any atom is 0.313 e. The third-order valence-corrected chi connectivity index (χ3v) is 4.11. The Hall–Kier alpha value is -1.87. The number of hydrogen-bond acceptors (Lipinski definition) is 2. The first-order valence-corrected chi connectivity index (χ1v) is 6.54. The molecule has 0 amide bonds. The Kier molecular flexibility index (Phi) is 2.79. The molecule has 0 spiro atoms. The van der Waals surface area contributed by atoms with E-state index in [0.29, 0.717) is 18.4 Å². The Morgan fingerprint density at radius 3 is 2.37 bits per heavy atom. The monoisotopic (exact) mass is 256 g/mol. The Labute approximate surface area is 111 Å². The maximum atomic E-state index is 11.5. The van der Waals surface area contributed by atoms with Crippen molar-refractivity contribution in [3.05, 3.63) is 48.0 Å². The highest BCUT2D eigenvalue weighted by atomic mass is 16.4. The third-order valence-electron chi connectivity index (χ3n) is 4.11. The fourth-order valence-corrected chi connectivity index (χ4v) is 2.90. The molecular formula is C16H16O3.